The minimum Gasteiger partial charge on any atom is -0.469 e. The number of piperidine rings is 1. The van der Waals surface area contributed by atoms with Crippen molar-refractivity contribution in [3.63, 3.8) is 0 Å². The average Bonchev–Trinajstić information content (AvgIpc) is 3.23. The van der Waals surface area contributed by atoms with E-state index in [1.54, 1.807) is 5.38 Å². The van der Waals surface area contributed by atoms with Crippen LogP contribution >= 0.6 is 11.3 Å². The molecule has 34 heavy (non-hydrogen) atoms. The third-order valence-corrected chi connectivity index (χ3v) is 7.90. The molecule has 0 radical (unpaired) electrons. The average molecular weight is 510 g/mol. The Morgan fingerprint density at radius 3 is 2.41 bits per heavy atom. The first-order valence-electron chi connectivity index (χ1n) is 10.7. The summed E-state index contributed by atoms with van der Waals surface area (Å²) in [5.41, 5.74) is 0.578. The van der Waals surface area contributed by atoms with Gasteiger partial charge >= 0.3 is 11.9 Å². The molecule has 0 aliphatic carbocycles. The Balaban J connectivity index is 1.53. The number of rotatable bonds is 8. The van der Waals surface area contributed by atoms with Crippen LogP contribution in [0.2, 0.25) is 0 Å². The fourth-order valence-corrected chi connectivity index (χ4v) is 6.16. The highest BCUT2D eigenvalue weighted by Crippen LogP contribution is 2.27. The number of ether oxygens (including phenoxy) is 2. The summed E-state index contributed by atoms with van der Waals surface area (Å²) < 4.78 is 37.0. The maximum atomic E-state index is 13.0. The van der Waals surface area contributed by atoms with E-state index in [2.05, 4.69) is 15.0 Å². The quantitative estimate of drug-likeness (QED) is 0.536. The number of methoxy groups -OCH3 is 1. The van der Waals surface area contributed by atoms with Crippen molar-refractivity contribution in [1.29, 1.82) is 0 Å². The van der Waals surface area contributed by atoms with Crippen LogP contribution in [-0.2, 0) is 35.5 Å². The normalized spacial score (nSPS) is 18.8. The van der Waals surface area contributed by atoms with E-state index in [1.807, 2.05) is 13.8 Å². The molecule has 0 saturated carbocycles. The number of hydrogen-bond acceptors (Lipinski definition) is 9. The van der Waals surface area contributed by atoms with Crippen molar-refractivity contribution in [2.45, 2.75) is 31.6 Å². The highest BCUT2D eigenvalue weighted by molar-refractivity contribution is 7.89. The van der Waals surface area contributed by atoms with Gasteiger partial charge in [0.1, 0.15) is 0 Å². The molecular weight excluding hydrogens is 482 g/mol. The zero-order chi connectivity index (χ0) is 24.9. The number of carbonyl (C=O) groups is 3. The zero-order valence-corrected chi connectivity index (χ0v) is 20.8. The van der Waals surface area contributed by atoms with Crippen molar-refractivity contribution >= 4 is 44.3 Å². The van der Waals surface area contributed by atoms with Crippen molar-refractivity contribution in [3.8, 4) is 0 Å². The number of nitrogens with zero attached hydrogens (tertiary/aromatic N) is 2. The van der Waals surface area contributed by atoms with E-state index < -0.39 is 34.5 Å². The molecule has 184 valence electrons. The number of benzene rings is 1. The first-order chi connectivity index (χ1) is 16.1. The van der Waals surface area contributed by atoms with Gasteiger partial charge in [0.15, 0.2) is 11.7 Å². The Hall–Kier alpha value is -2.83. The fraction of sp³-hybridized carbons (Fsp3) is 0.455. The van der Waals surface area contributed by atoms with E-state index in [1.165, 1.54) is 35.7 Å². The topological polar surface area (TPSA) is 132 Å². The van der Waals surface area contributed by atoms with Crippen molar-refractivity contribution in [2.24, 2.45) is 11.8 Å². The van der Waals surface area contributed by atoms with E-state index in [4.69, 9.17) is 4.74 Å². The maximum Gasteiger partial charge on any atom is 0.338 e. The van der Waals surface area contributed by atoms with Crippen LogP contribution in [0.25, 0.3) is 0 Å². The molecule has 1 aliphatic heterocycles. The fourth-order valence-electron chi connectivity index (χ4n) is 3.75. The van der Waals surface area contributed by atoms with Gasteiger partial charge < -0.3 is 9.47 Å². The molecule has 3 rings (SSSR count). The molecule has 1 aliphatic rings. The predicted octanol–water partition coefficient (Wildman–Crippen LogP) is 2.32. The molecule has 1 amide bonds. The molecule has 0 bridgehead atoms. The summed E-state index contributed by atoms with van der Waals surface area (Å²) in [6.45, 7) is 4.45. The molecule has 10 nitrogen and oxygen atoms in total. The van der Waals surface area contributed by atoms with Gasteiger partial charge in [-0.25, -0.2) is 18.2 Å². The largest absolute Gasteiger partial charge is 0.469 e. The summed E-state index contributed by atoms with van der Waals surface area (Å²) in [6, 6.07) is 5.47. The highest BCUT2D eigenvalue weighted by Gasteiger charge is 2.31. The lowest BCUT2D eigenvalue weighted by Gasteiger charge is -2.34. The Bertz CT molecular complexity index is 1140. The Morgan fingerprint density at radius 1 is 1.15 bits per heavy atom. The van der Waals surface area contributed by atoms with Gasteiger partial charge in [-0.05, 0) is 42.5 Å². The third-order valence-electron chi connectivity index (χ3n) is 5.25. The number of amides is 1. The highest BCUT2D eigenvalue weighted by atomic mass is 32.2. The molecule has 1 fully saturated rings. The summed E-state index contributed by atoms with van der Waals surface area (Å²) in [5.74, 6) is -1.24. The minimum absolute atomic E-state index is 0.0145. The van der Waals surface area contributed by atoms with Gasteiger partial charge in [0.2, 0.25) is 10.0 Å². The number of aromatic nitrogens is 1. The number of carbonyl (C=O) groups excluding carboxylic acids is 3. The minimum atomic E-state index is -3.66. The van der Waals surface area contributed by atoms with Gasteiger partial charge in [0.05, 0.1) is 29.7 Å². The van der Waals surface area contributed by atoms with E-state index in [9.17, 15) is 22.8 Å². The van der Waals surface area contributed by atoms with E-state index >= 15 is 0 Å². The van der Waals surface area contributed by atoms with Gasteiger partial charge in [-0.2, -0.15) is 4.31 Å². The Kier molecular flexibility index (Phi) is 8.39. The molecular formula is C22H27N3O7S2. The molecule has 1 aromatic heterocycles. The lowest BCUT2D eigenvalue weighted by molar-refractivity contribution is -0.139. The molecule has 1 N–H and O–H groups in total. The predicted molar refractivity (Wildman–Crippen MR) is 125 cm³/mol. The van der Waals surface area contributed by atoms with Crippen molar-refractivity contribution < 1.29 is 32.3 Å². The second-order valence-electron chi connectivity index (χ2n) is 8.31. The van der Waals surface area contributed by atoms with Crippen molar-refractivity contribution in [2.75, 3.05) is 32.1 Å². The molecule has 12 heteroatoms. The van der Waals surface area contributed by atoms with Crippen LogP contribution in [0.4, 0.5) is 5.13 Å². The Morgan fingerprint density at radius 2 is 1.79 bits per heavy atom. The Labute approximate surface area is 202 Å². The van der Waals surface area contributed by atoms with Gasteiger partial charge in [0, 0.05) is 18.5 Å². The number of sulfonamides is 1. The molecule has 1 saturated heterocycles. The van der Waals surface area contributed by atoms with Gasteiger partial charge in [-0.15, -0.1) is 11.3 Å². The number of anilines is 1. The molecule has 0 unspecified atom stereocenters. The van der Waals surface area contributed by atoms with Crippen LogP contribution in [0.1, 0.15) is 36.3 Å². The summed E-state index contributed by atoms with van der Waals surface area (Å²) in [5, 5.41) is 4.36. The van der Waals surface area contributed by atoms with Gasteiger partial charge in [0.25, 0.3) is 5.91 Å². The monoisotopic (exact) mass is 509 g/mol. The van der Waals surface area contributed by atoms with Crippen LogP contribution in [-0.4, -0.2) is 62.4 Å². The number of hydrogen-bond donors (Lipinski definition) is 1. The maximum absolute atomic E-state index is 13.0. The second-order valence-corrected chi connectivity index (χ2v) is 11.1. The first kappa shape index (κ1) is 25.8. The smallest absolute Gasteiger partial charge is 0.338 e. The van der Waals surface area contributed by atoms with Crippen molar-refractivity contribution in [1.82, 2.24) is 9.29 Å². The number of thiazole rings is 1. The van der Waals surface area contributed by atoms with Crippen LogP contribution in [0.3, 0.4) is 0 Å². The molecule has 2 atom stereocenters. The van der Waals surface area contributed by atoms with Crippen LogP contribution in [0, 0.1) is 11.8 Å². The van der Waals surface area contributed by atoms with E-state index in [0.717, 1.165) is 17.8 Å². The van der Waals surface area contributed by atoms with Gasteiger partial charge in [-0.1, -0.05) is 13.8 Å². The van der Waals surface area contributed by atoms with Crippen LogP contribution in [0.5, 0.6) is 0 Å². The standard InChI is InChI=1S/C22H27N3O7S2/c1-14-8-15(2)11-25(10-14)34(29,30)18-6-4-16(5-7-18)21(28)32-12-19(26)24-22-23-17(13-33-22)9-20(27)31-3/h4-7,13-15H,8-12H2,1-3H3,(H,23,24,26)/t14-,15+. The summed E-state index contributed by atoms with van der Waals surface area (Å²) in [7, 11) is -2.38. The molecule has 2 aromatic rings. The van der Waals surface area contributed by atoms with E-state index in [-0.39, 0.29) is 33.8 Å². The SMILES string of the molecule is COC(=O)Cc1csc(NC(=O)COC(=O)c2ccc(S(=O)(=O)N3C[C@H](C)C[C@H](C)C3)cc2)n1. The summed E-state index contributed by atoms with van der Waals surface area (Å²) >= 11 is 1.12. The lowest BCUT2D eigenvalue weighted by Crippen LogP contribution is -2.42. The van der Waals surface area contributed by atoms with Crippen molar-refractivity contribution in [3.05, 3.63) is 40.9 Å². The molecule has 2 heterocycles. The number of esters is 2. The summed E-state index contributed by atoms with van der Waals surface area (Å²) in [6.07, 6.45) is 0.973. The first-order valence-corrected chi connectivity index (χ1v) is 13.0. The summed E-state index contributed by atoms with van der Waals surface area (Å²) in [4.78, 5) is 39.8. The molecule has 1 aromatic carbocycles. The second kappa shape index (κ2) is 11.1. The zero-order valence-electron chi connectivity index (χ0n) is 19.1. The lowest BCUT2D eigenvalue weighted by atomic mass is 9.94. The van der Waals surface area contributed by atoms with Crippen LogP contribution < -0.4 is 5.32 Å². The number of nitrogens with one attached hydrogen (secondary N) is 1. The van der Waals surface area contributed by atoms with Crippen LogP contribution in [0.15, 0.2) is 34.5 Å². The van der Waals surface area contributed by atoms with Gasteiger partial charge in [-0.3, -0.25) is 14.9 Å². The third kappa shape index (κ3) is 6.61. The van der Waals surface area contributed by atoms with E-state index in [0.29, 0.717) is 18.8 Å². The molecule has 0 spiro atoms.